The van der Waals surface area contributed by atoms with Crippen molar-refractivity contribution in [2.75, 3.05) is 7.11 Å². The normalized spacial score (nSPS) is 23.8. The lowest BCUT2D eigenvalue weighted by Gasteiger charge is -2.37. The van der Waals surface area contributed by atoms with E-state index in [-0.39, 0.29) is 17.6 Å². The number of ketones is 1. The van der Waals surface area contributed by atoms with Crippen molar-refractivity contribution >= 4 is 27.7 Å². The zero-order valence-electron chi connectivity index (χ0n) is 13.1. The highest BCUT2D eigenvalue weighted by Crippen LogP contribution is 2.44. The monoisotopic (exact) mass is 375 g/mol. The Hall–Kier alpha value is -1.88. The number of fused-ring (bicyclic) bond motifs is 1. The Bertz CT molecular complexity index is 736. The summed E-state index contributed by atoms with van der Waals surface area (Å²) in [6.45, 7) is 1.85. The summed E-state index contributed by atoms with van der Waals surface area (Å²) >= 11 is 3.47. The summed E-state index contributed by atoms with van der Waals surface area (Å²) in [5.41, 5.74) is 3.12. The predicted molar refractivity (Wildman–Crippen MR) is 90.5 cm³/mol. The molecule has 2 unspecified atom stereocenters. The van der Waals surface area contributed by atoms with Gasteiger partial charge in [-0.05, 0) is 31.0 Å². The van der Waals surface area contributed by atoms with E-state index < -0.39 is 5.97 Å². The zero-order chi connectivity index (χ0) is 16.6. The number of methoxy groups -OCH3 is 1. The van der Waals surface area contributed by atoms with Crippen molar-refractivity contribution < 1.29 is 14.3 Å². The molecule has 5 heteroatoms. The molecule has 1 heterocycles. The first-order valence-corrected chi connectivity index (χ1v) is 8.36. The van der Waals surface area contributed by atoms with Crippen molar-refractivity contribution in [3.63, 3.8) is 0 Å². The van der Waals surface area contributed by atoms with Gasteiger partial charge in [-0.3, -0.25) is 4.79 Å². The Morgan fingerprint density at radius 2 is 2.13 bits per heavy atom. The van der Waals surface area contributed by atoms with Gasteiger partial charge in [-0.25, -0.2) is 4.79 Å². The molecule has 1 aliphatic carbocycles. The SMILES string of the molecule is COC(=O)C1=C(C)NC2=CCCC(=O)C2C1c1cccc(Br)c1. The van der Waals surface area contributed by atoms with Gasteiger partial charge >= 0.3 is 5.97 Å². The summed E-state index contributed by atoms with van der Waals surface area (Å²) in [5, 5.41) is 3.24. The number of halogens is 1. The molecule has 0 aromatic heterocycles. The van der Waals surface area contributed by atoms with Gasteiger partial charge in [0.15, 0.2) is 0 Å². The molecule has 0 spiro atoms. The lowest BCUT2D eigenvalue weighted by Crippen LogP contribution is -2.40. The number of carbonyl (C=O) groups is 2. The van der Waals surface area contributed by atoms with Gasteiger partial charge in [0.25, 0.3) is 0 Å². The number of allylic oxidation sites excluding steroid dienone is 3. The third kappa shape index (κ3) is 2.85. The molecule has 0 bridgehead atoms. The highest BCUT2D eigenvalue weighted by atomic mass is 79.9. The van der Waals surface area contributed by atoms with Crippen LogP contribution in [0.25, 0.3) is 0 Å². The highest BCUT2D eigenvalue weighted by molar-refractivity contribution is 9.10. The van der Waals surface area contributed by atoms with E-state index in [0.717, 1.165) is 27.9 Å². The lowest BCUT2D eigenvalue weighted by atomic mass is 9.71. The van der Waals surface area contributed by atoms with Crippen molar-refractivity contribution in [3.05, 3.63) is 57.3 Å². The fraction of sp³-hybridized carbons (Fsp3) is 0.333. The molecular formula is C18H18BrNO3. The van der Waals surface area contributed by atoms with Gasteiger partial charge in [-0.2, -0.15) is 0 Å². The molecule has 0 radical (unpaired) electrons. The van der Waals surface area contributed by atoms with Crippen LogP contribution in [0.15, 0.2) is 51.8 Å². The van der Waals surface area contributed by atoms with Crippen molar-refractivity contribution in [2.45, 2.75) is 25.7 Å². The topological polar surface area (TPSA) is 55.4 Å². The second-order valence-corrected chi connectivity index (χ2v) is 6.75. The third-order valence-electron chi connectivity index (χ3n) is 4.43. The largest absolute Gasteiger partial charge is 0.466 e. The van der Waals surface area contributed by atoms with Crippen LogP contribution in [-0.4, -0.2) is 18.9 Å². The van der Waals surface area contributed by atoms with Crippen molar-refractivity contribution in [1.29, 1.82) is 0 Å². The minimum absolute atomic E-state index is 0.161. The van der Waals surface area contributed by atoms with Crippen LogP contribution in [0.2, 0.25) is 0 Å². The van der Waals surface area contributed by atoms with Gasteiger partial charge in [0, 0.05) is 28.2 Å². The minimum Gasteiger partial charge on any atom is -0.466 e. The number of Topliss-reactive ketones (excluding diaryl/α,β-unsaturated/α-hetero) is 1. The molecule has 0 saturated carbocycles. The molecule has 0 fully saturated rings. The fourth-order valence-electron chi connectivity index (χ4n) is 3.45. The van der Waals surface area contributed by atoms with Crippen LogP contribution in [0.3, 0.4) is 0 Å². The zero-order valence-corrected chi connectivity index (χ0v) is 14.6. The first kappa shape index (κ1) is 16.0. The van der Waals surface area contributed by atoms with Gasteiger partial charge in [0.1, 0.15) is 5.78 Å². The number of nitrogens with one attached hydrogen (secondary N) is 1. The smallest absolute Gasteiger partial charge is 0.336 e. The molecule has 0 saturated heterocycles. The second-order valence-electron chi connectivity index (χ2n) is 5.83. The molecule has 1 aliphatic heterocycles. The molecule has 1 N–H and O–H groups in total. The summed E-state index contributed by atoms with van der Waals surface area (Å²) in [4.78, 5) is 25.0. The van der Waals surface area contributed by atoms with E-state index in [1.165, 1.54) is 7.11 Å². The van der Waals surface area contributed by atoms with E-state index in [1.54, 1.807) is 0 Å². The maximum absolute atomic E-state index is 12.6. The Kier molecular flexibility index (Phi) is 4.39. The number of ether oxygens (including phenoxy) is 1. The first-order valence-electron chi connectivity index (χ1n) is 7.57. The molecule has 1 aromatic carbocycles. The number of esters is 1. The number of carbonyl (C=O) groups excluding carboxylic acids is 2. The van der Waals surface area contributed by atoms with Gasteiger partial charge < -0.3 is 10.1 Å². The standard InChI is InChI=1S/C18H18BrNO3/c1-10-15(18(22)23-2)16(11-5-3-6-12(19)9-11)17-13(20-10)7-4-8-14(17)21/h3,5-7,9,16-17,20H,4,8H2,1-2H3. The summed E-state index contributed by atoms with van der Waals surface area (Å²) in [7, 11) is 1.37. The summed E-state index contributed by atoms with van der Waals surface area (Å²) < 4.78 is 5.90. The maximum Gasteiger partial charge on any atom is 0.336 e. The third-order valence-corrected chi connectivity index (χ3v) is 4.92. The number of hydrogen-bond donors (Lipinski definition) is 1. The van der Waals surface area contributed by atoms with Crippen LogP contribution in [0.1, 0.15) is 31.2 Å². The maximum atomic E-state index is 12.6. The Balaban J connectivity index is 2.20. The van der Waals surface area contributed by atoms with Crippen molar-refractivity contribution in [1.82, 2.24) is 5.32 Å². The molecular weight excluding hydrogens is 358 g/mol. The van der Waals surface area contributed by atoms with Crippen LogP contribution < -0.4 is 5.32 Å². The Morgan fingerprint density at radius 3 is 2.83 bits per heavy atom. The molecule has 1 aromatic rings. The predicted octanol–water partition coefficient (Wildman–Crippen LogP) is 3.45. The highest BCUT2D eigenvalue weighted by Gasteiger charge is 2.43. The Morgan fingerprint density at radius 1 is 1.35 bits per heavy atom. The van der Waals surface area contributed by atoms with Gasteiger partial charge in [0.2, 0.25) is 0 Å². The van der Waals surface area contributed by atoms with Crippen molar-refractivity contribution in [2.24, 2.45) is 5.92 Å². The number of hydrogen-bond acceptors (Lipinski definition) is 4. The molecule has 3 rings (SSSR count). The number of rotatable bonds is 2. The minimum atomic E-state index is -0.391. The van der Waals surface area contributed by atoms with E-state index in [0.29, 0.717) is 12.0 Å². The van der Waals surface area contributed by atoms with Crippen LogP contribution in [0, 0.1) is 5.92 Å². The second kappa shape index (κ2) is 6.32. The fourth-order valence-corrected chi connectivity index (χ4v) is 3.87. The van der Waals surface area contributed by atoms with E-state index >= 15 is 0 Å². The van der Waals surface area contributed by atoms with Crippen LogP contribution in [-0.2, 0) is 14.3 Å². The molecule has 4 nitrogen and oxygen atoms in total. The molecule has 23 heavy (non-hydrogen) atoms. The summed E-state index contributed by atoms with van der Waals surface area (Å²) in [6.07, 6.45) is 3.31. The molecule has 120 valence electrons. The average Bonchev–Trinajstić information content (AvgIpc) is 2.53. The summed E-state index contributed by atoms with van der Waals surface area (Å²) in [5.74, 6) is -0.901. The van der Waals surface area contributed by atoms with Crippen LogP contribution >= 0.6 is 15.9 Å². The van der Waals surface area contributed by atoms with Gasteiger partial charge in [-0.15, -0.1) is 0 Å². The quantitative estimate of drug-likeness (QED) is 0.804. The van der Waals surface area contributed by atoms with Crippen LogP contribution in [0.5, 0.6) is 0 Å². The van der Waals surface area contributed by atoms with E-state index in [1.807, 2.05) is 31.2 Å². The Labute approximate surface area is 143 Å². The van der Waals surface area contributed by atoms with Gasteiger partial charge in [0.05, 0.1) is 18.6 Å². The lowest BCUT2D eigenvalue weighted by molar-refractivity contribution is -0.136. The number of benzene rings is 1. The van der Waals surface area contributed by atoms with Crippen LogP contribution in [0.4, 0.5) is 0 Å². The molecule has 0 amide bonds. The van der Waals surface area contributed by atoms with E-state index in [9.17, 15) is 9.59 Å². The van der Waals surface area contributed by atoms with Gasteiger partial charge in [-0.1, -0.05) is 34.1 Å². The summed E-state index contributed by atoms with van der Waals surface area (Å²) in [6, 6.07) is 7.77. The molecule has 2 aliphatic rings. The van der Waals surface area contributed by atoms with Crippen molar-refractivity contribution in [3.8, 4) is 0 Å². The first-order chi connectivity index (χ1) is 11.0. The molecule has 2 atom stereocenters. The van der Waals surface area contributed by atoms with E-state index in [2.05, 4.69) is 27.3 Å². The average molecular weight is 376 g/mol. The van der Waals surface area contributed by atoms with E-state index in [4.69, 9.17) is 4.74 Å².